The summed E-state index contributed by atoms with van der Waals surface area (Å²) in [5.41, 5.74) is 19.6. The van der Waals surface area contributed by atoms with Crippen LogP contribution < -0.4 is 10.6 Å². The molecule has 0 fully saturated rings. The maximum atomic E-state index is 5.33. The van der Waals surface area contributed by atoms with Gasteiger partial charge in [-0.2, -0.15) is 0 Å². The first-order valence-electron chi connectivity index (χ1n) is 22.3. The molecule has 8 aromatic rings. The fraction of sp³-hybridized carbons (Fsp3) is 0.102. The summed E-state index contributed by atoms with van der Waals surface area (Å²) >= 11 is 0. The summed E-state index contributed by atoms with van der Waals surface area (Å²) in [6, 6.07) is 60.0. The fourth-order valence-corrected chi connectivity index (χ4v) is 9.99. The third kappa shape index (κ3) is 6.76. The van der Waals surface area contributed by atoms with E-state index in [1.54, 1.807) is 0 Å². The van der Waals surface area contributed by atoms with Crippen LogP contribution in [0.15, 0.2) is 205 Å². The number of hydrogen-bond donors (Lipinski definition) is 2. The Bertz CT molecular complexity index is 3300. The van der Waals surface area contributed by atoms with Crippen molar-refractivity contribution in [1.82, 2.24) is 9.88 Å². The third-order valence-electron chi connectivity index (χ3n) is 13.1. The van der Waals surface area contributed by atoms with Crippen LogP contribution >= 0.6 is 0 Å². The Morgan fingerprint density at radius 2 is 1.24 bits per heavy atom. The molecule has 0 spiro atoms. The van der Waals surface area contributed by atoms with Crippen LogP contribution in [0.5, 0.6) is 0 Å². The Morgan fingerprint density at radius 1 is 0.556 bits per heavy atom. The molecule has 0 amide bonds. The van der Waals surface area contributed by atoms with Crippen molar-refractivity contribution < 1.29 is 0 Å². The van der Waals surface area contributed by atoms with Crippen molar-refractivity contribution >= 4 is 61.6 Å². The van der Waals surface area contributed by atoms with Gasteiger partial charge in [0, 0.05) is 33.4 Å². The summed E-state index contributed by atoms with van der Waals surface area (Å²) in [6.07, 6.45) is 17.2. The van der Waals surface area contributed by atoms with Gasteiger partial charge < -0.3 is 15.2 Å². The van der Waals surface area contributed by atoms with Gasteiger partial charge in [-0.1, -0.05) is 159 Å². The lowest BCUT2D eigenvalue weighted by Crippen LogP contribution is -2.31. The minimum atomic E-state index is -0.0311. The lowest BCUT2D eigenvalue weighted by Gasteiger charge is -2.25. The van der Waals surface area contributed by atoms with Gasteiger partial charge in [0.05, 0.1) is 22.8 Å². The molecule has 2 unspecified atom stereocenters. The zero-order valence-corrected chi connectivity index (χ0v) is 35.2. The third-order valence-corrected chi connectivity index (χ3v) is 13.1. The summed E-state index contributed by atoms with van der Waals surface area (Å²) in [4.78, 5) is 5.33. The van der Waals surface area contributed by atoms with Crippen LogP contribution in [-0.2, 0) is 0 Å². The monoisotopic (exact) mass is 810 g/mol. The first-order chi connectivity index (χ1) is 31.1. The molecule has 5 heterocycles. The standard InChI is InChI=1S/C59H46N4/c1-38-12-9-19-49(32-38)63-56-23-8-7-22-52(56)58-53-35-48(36-57(58)63)60-47-18-11-16-45(34-47)51-21-6-5-20-50(51)44-15-10-17-46(33-44)59-61-54(42-13-3-2-4-14-42)37-55(62-59)43-30-26-40(27-31-43)39-24-28-41(53)29-25-39/h2-4,7-11,13-38,54,60H,5-6,12H2,1H3,(H,61,62). The highest BCUT2D eigenvalue weighted by atomic mass is 15.0. The Labute approximate surface area is 368 Å². The summed E-state index contributed by atoms with van der Waals surface area (Å²) in [6.45, 7) is 2.31. The summed E-state index contributed by atoms with van der Waals surface area (Å²) in [5, 5.41) is 10.2. The second-order valence-corrected chi connectivity index (χ2v) is 17.3. The van der Waals surface area contributed by atoms with Gasteiger partial charge in [0.25, 0.3) is 0 Å². The van der Waals surface area contributed by atoms with Gasteiger partial charge in [-0.05, 0) is 129 Å². The number of fused-ring (bicyclic) bond motifs is 5. The van der Waals surface area contributed by atoms with E-state index in [0.29, 0.717) is 5.92 Å². The Balaban J connectivity index is 1.06. The molecule has 0 saturated carbocycles. The first kappa shape index (κ1) is 37.1. The molecule has 2 aliphatic carbocycles. The molecule has 63 heavy (non-hydrogen) atoms. The predicted octanol–water partition coefficient (Wildman–Crippen LogP) is 15.0. The Kier molecular flexibility index (Phi) is 9.03. The van der Waals surface area contributed by atoms with Crippen LogP contribution in [0, 0.1) is 5.92 Å². The average molecular weight is 811 g/mol. The number of aromatic nitrogens is 1. The Hall–Kier alpha value is -7.69. The van der Waals surface area contributed by atoms with Crippen molar-refractivity contribution in [1.29, 1.82) is 0 Å². The number of rotatable bonds is 2. The molecule has 6 aliphatic rings. The van der Waals surface area contributed by atoms with E-state index in [0.717, 1.165) is 53.3 Å². The molecule has 0 radical (unpaired) electrons. The SMILES string of the molecule is CC1C=C(n2c3ccccc3c3c4cc(cc32)Nc2cccc(c2)C2=CCCC=C2c2cccc(c2)C2=NC(=CC(c3ccccc3)N2)c2ccc(cc2)-c2ccc-4cc2)C=CC1. The van der Waals surface area contributed by atoms with Crippen molar-refractivity contribution in [2.45, 2.75) is 32.2 Å². The highest BCUT2D eigenvalue weighted by Crippen LogP contribution is 2.43. The lowest BCUT2D eigenvalue weighted by atomic mass is 9.86. The summed E-state index contributed by atoms with van der Waals surface area (Å²) in [5.74, 6) is 1.34. The van der Waals surface area contributed by atoms with Crippen molar-refractivity contribution in [2.75, 3.05) is 5.32 Å². The van der Waals surface area contributed by atoms with Crippen molar-refractivity contribution in [3.8, 4) is 22.3 Å². The lowest BCUT2D eigenvalue weighted by molar-refractivity contribution is 0.735. The van der Waals surface area contributed by atoms with E-state index < -0.39 is 0 Å². The minimum absolute atomic E-state index is 0.0311. The average Bonchev–Trinajstić information content (AvgIpc) is 3.68. The van der Waals surface area contributed by atoms with Crippen molar-refractivity contribution in [3.63, 3.8) is 0 Å². The largest absolute Gasteiger partial charge is 0.359 e. The number of para-hydroxylation sites is 1. The molecule has 14 rings (SSSR count). The number of anilines is 2. The molecule has 12 bridgehead atoms. The number of allylic oxidation sites excluding steroid dienone is 8. The molecule has 302 valence electrons. The zero-order valence-electron chi connectivity index (χ0n) is 35.2. The normalized spacial score (nSPS) is 17.8. The molecule has 0 saturated heterocycles. The van der Waals surface area contributed by atoms with Gasteiger partial charge in [0.2, 0.25) is 0 Å². The second kappa shape index (κ2) is 15.3. The number of aliphatic imine (C=N–C) groups is 1. The van der Waals surface area contributed by atoms with E-state index in [4.69, 9.17) is 4.99 Å². The molecule has 2 atom stereocenters. The van der Waals surface area contributed by atoms with Gasteiger partial charge in [0.1, 0.15) is 5.84 Å². The quantitative estimate of drug-likeness (QED) is 0.183. The van der Waals surface area contributed by atoms with Crippen LogP contribution in [-0.4, -0.2) is 10.4 Å². The van der Waals surface area contributed by atoms with Gasteiger partial charge in [0.15, 0.2) is 0 Å². The smallest absolute Gasteiger partial charge is 0.134 e. The number of nitrogens with one attached hydrogen (secondary N) is 2. The second-order valence-electron chi connectivity index (χ2n) is 17.3. The van der Waals surface area contributed by atoms with Crippen LogP contribution in [0.2, 0.25) is 0 Å². The van der Waals surface area contributed by atoms with E-state index in [2.05, 4.69) is 222 Å². The number of nitrogens with zero attached hydrogens (tertiary/aromatic N) is 2. The maximum absolute atomic E-state index is 5.33. The molecular formula is C59H46N4. The van der Waals surface area contributed by atoms with Crippen LogP contribution in [0.4, 0.5) is 11.4 Å². The molecular weight excluding hydrogens is 765 g/mol. The molecule has 4 aliphatic heterocycles. The van der Waals surface area contributed by atoms with E-state index in [1.165, 1.54) is 77.6 Å². The van der Waals surface area contributed by atoms with Crippen LogP contribution in [0.25, 0.3) is 66.6 Å². The van der Waals surface area contributed by atoms with E-state index in [1.807, 2.05) is 0 Å². The molecule has 2 N–H and O–H groups in total. The van der Waals surface area contributed by atoms with Crippen molar-refractivity contribution in [3.05, 3.63) is 228 Å². The Morgan fingerprint density at radius 3 is 2.02 bits per heavy atom. The first-order valence-corrected chi connectivity index (χ1v) is 22.3. The van der Waals surface area contributed by atoms with Gasteiger partial charge >= 0.3 is 0 Å². The summed E-state index contributed by atoms with van der Waals surface area (Å²) < 4.78 is 2.47. The molecule has 4 heteroatoms. The molecule has 7 aromatic carbocycles. The van der Waals surface area contributed by atoms with Crippen LogP contribution in [0.3, 0.4) is 0 Å². The highest BCUT2D eigenvalue weighted by Gasteiger charge is 2.23. The molecule has 4 nitrogen and oxygen atoms in total. The number of hydrogen-bond acceptors (Lipinski definition) is 3. The van der Waals surface area contributed by atoms with Crippen molar-refractivity contribution in [2.24, 2.45) is 10.9 Å². The number of benzene rings is 7. The van der Waals surface area contributed by atoms with Gasteiger partial charge in [-0.15, -0.1) is 0 Å². The summed E-state index contributed by atoms with van der Waals surface area (Å²) in [7, 11) is 0. The molecule has 1 aromatic heterocycles. The van der Waals surface area contributed by atoms with Crippen LogP contribution in [0.1, 0.15) is 60.0 Å². The fourth-order valence-electron chi connectivity index (χ4n) is 9.99. The van der Waals surface area contributed by atoms with E-state index >= 15 is 0 Å². The van der Waals surface area contributed by atoms with Gasteiger partial charge in [-0.3, -0.25) is 0 Å². The predicted molar refractivity (Wildman–Crippen MR) is 266 cm³/mol. The topological polar surface area (TPSA) is 41.4 Å². The maximum Gasteiger partial charge on any atom is 0.134 e. The van der Waals surface area contributed by atoms with E-state index in [9.17, 15) is 0 Å². The highest BCUT2D eigenvalue weighted by molar-refractivity contribution is 6.18. The van der Waals surface area contributed by atoms with E-state index in [-0.39, 0.29) is 6.04 Å². The zero-order chi connectivity index (χ0) is 41.9. The number of amidine groups is 1. The minimum Gasteiger partial charge on any atom is -0.359 e. The van der Waals surface area contributed by atoms with Gasteiger partial charge in [-0.25, -0.2) is 4.99 Å².